The van der Waals surface area contributed by atoms with Crippen molar-refractivity contribution in [3.8, 4) is 0 Å². The van der Waals surface area contributed by atoms with Crippen molar-refractivity contribution >= 4 is 16.7 Å². The lowest BCUT2D eigenvalue weighted by molar-refractivity contribution is 0.636. The molecule has 3 rings (SSSR count). The molecular formula is C19H20FN3. The maximum Gasteiger partial charge on any atom is 0.149 e. The standard InChI is InChI=1S/C19H20FN3/c1-2-4-14-7-9-15(10-8-14)11-12-21-19-16-5-3-6-17(20)18(16)22-13-23-19/h3,5-10,13H,2,4,11-12H2,1H3,(H,21,22,23). The Kier molecular flexibility index (Phi) is 4.81. The zero-order valence-corrected chi connectivity index (χ0v) is 13.2. The Morgan fingerprint density at radius 3 is 2.43 bits per heavy atom. The van der Waals surface area contributed by atoms with Gasteiger partial charge in [-0.25, -0.2) is 14.4 Å². The first kappa shape index (κ1) is 15.4. The minimum absolute atomic E-state index is 0.320. The van der Waals surface area contributed by atoms with Crippen LogP contribution in [-0.2, 0) is 12.8 Å². The smallest absolute Gasteiger partial charge is 0.149 e. The van der Waals surface area contributed by atoms with Gasteiger partial charge in [-0.3, -0.25) is 0 Å². The van der Waals surface area contributed by atoms with Gasteiger partial charge in [-0.1, -0.05) is 43.7 Å². The molecule has 2 aromatic carbocycles. The van der Waals surface area contributed by atoms with Crippen molar-refractivity contribution in [3.63, 3.8) is 0 Å². The number of rotatable bonds is 6. The molecule has 23 heavy (non-hydrogen) atoms. The van der Waals surface area contributed by atoms with Crippen molar-refractivity contribution in [2.75, 3.05) is 11.9 Å². The summed E-state index contributed by atoms with van der Waals surface area (Å²) in [6.07, 6.45) is 4.58. The van der Waals surface area contributed by atoms with E-state index in [1.807, 2.05) is 6.07 Å². The number of nitrogens with zero attached hydrogens (tertiary/aromatic N) is 2. The highest BCUT2D eigenvalue weighted by atomic mass is 19.1. The summed E-state index contributed by atoms with van der Waals surface area (Å²) in [5, 5.41) is 4.00. The van der Waals surface area contributed by atoms with E-state index in [1.165, 1.54) is 23.5 Å². The molecule has 0 aliphatic carbocycles. The summed E-state index contributed by atoms with van der Waals surface area (Å²) in [6.45, 7) is 2.93. The quantitative estimate of drug-likeness (QED) is 0.734. The third kappa shape index (κ3) is 3.65. The predicted octanol–water partition coefficient (Wildman–Crippen LogP) is 4.38. The number of anilines is 1. The van der Waals surface area contributed by atoms with Gasteiger partial charge >= 0.3 is 0 Å². The molecule has 0 amide bonds. The third-order valence-electron chi connectivity index (χ3n) is 3.88. The Balaban J connectivity index is 1.66. The van der Waals surface area contributed by atoms with Crippen LogP contribution < -0.4 is 5.32 Å². The molecule has 3 nitrogen and oxygen atoms in total. The highest BCUT2D eigenvalue weighted by Crippen LogP contribution is 2.21. The molecule has 0 fully saturated rings. The van der Waals surface area contributed by atoms with Crippen LogP contribution in [0.4, 0.5) is 10.2 Å². The van der Waals surface area contributed by atoms with Crippen molar-refractivity contribution in [2.24, 2.45) is 0 Å². The zero-order chi connectivity index (χ0) is 16.1. The monoisotopic (exact) mass is 309 g/mol. The van der Waals surface area contributed by atoms with Crippen LogP contribution in [0.2, 0.25) is 0 Å². The molecule has 0 unspecified atom stereocenters. The number of hydrogen-bond donors (Lipinski definition) is 1. The fourth-order valence-electron chi connectivity index (χ4n) is 2.68. The van der Waals surface area contributed by atoms with Crippen LogP contribution in [0, 0.1) is 5.82 Å². The van der Waals surface area contributed by atoms with Crippen LogP contribution in [0.3, 0.4) is 0 Å². The second-order valence-corrected chi connectivity index (χ2v) is 5.60. The summed E-state index contributed by atoms with van der Waals surface area (Å²) in [5.41, 5.74) is 3.01. The van der Waals surface area contributed by atoms with E-state index in [2.05, 4.69) is 46.5 Å². The molecule has 1 heterocycles. The number of benzene rings is 2. The van der Waals surface area contributed by atoms with E-state index in [1.54, 1.807) is 6.07 Å². The Morgan fingerprint density at radius 2 is 1.70 bits per heavy atom. The lowest BCUT2D eigenvalue weighted by Gasteiger charge is -2.09. The molecule has 0 aliphatic rings. The molecule has 3 aromatic rings. The second kappa shape index (κ2) is 7.18. The Hall–Kier alpha value is -2.49. The number of fused-ring (bicyclic) bond motifs is 1. The maximum absolute atomic E-state index is 13.7. The van der Waals surface area contributed by atoms with Gasteiger partial charge in [0, 0.05) is 11.9 Å². The van der Waals surface area contributed by atoms with E-state index in [9.17, 15) is 4.39 Å². The van der Waals surface area contributed by atoms with Gasteiger partial charge in [0.05, 0.1) is 0 Å². The highest BCUT2D eigenvalue weighted by molar-refractivity contribution is 5.89. The van der Waals surface area contributed by atoms with Crippen molar-refractivity contribution in [2.45, 2.75) is 26.2 Å². The van der Waals surface area contributed by atoms with Crippen LogP contribution in [-0.4, -0.2) is 16.5 Å². The van der Waals surface area contributed by atoms with Gasteiger partial charge in [-0.05, 0) is 36.1 Å². The number of hydrogen-bond acceptors (Lipinski definition) is 3. The lowest BCUT2D eigenvalue weighted by atomic mass is 10.1. The average Bonchev–Trinajstić information content (AvgIpc) is 2.58. The van der Waals surface area contributed by atoms with Gasteiger partial charge < -0.3 is 5.32 Å². The molecule has 118 valence electrons. The fraction of sp³-hybridized carbons (Fsp3) is 0.263. The molecule has 0 saturated heterocycles. The van der Waals surface area contributed by atoms with Crippen molar-refractivity contribution < 1.29 is 4.39 Å². The van der Waals surface area contributed by atoms with Gasteiger partial charge in [0.25, 0.3) is 0 Å². The van der Waals surface area contributed by atoms with E-state index < -0.39 is 0 Å². The molecule has 0 atom stereocenters. The normalized spacial score (nSPS) is 10.9. The van der Waals surface area contributed by atoms with Gasteiger partial charge in [0.15, 0.2) is 0 Å². The second-order valence-electron chi connectivity index (χ2n) is 5.60. The predicted molar refractivity (Wildman–Crippen MR) is 92.1 cm³/mol. The topological polar surface area (TPSA) is 37.8 Å². The molecule has 0 radical (unpaired) electrons. The van der Waals surface area contributed by atoms with Gasteiger partial charge in [-0.2, -0.15) is 0 Å². The maximum atomic E-state index is 13.7. The van der Waals surface area contributed by atoms with E-state index in [0.29, 0.717) is 16.7 Å². The lowest BCUT2D eigenvalue weighted by Crippen LogP contribution is -2.07. The van der Waals surface area contributed by atoms with Gasteiger partial charge in [0.2, 0.25) is 0 Å². The summed E-state index contributed by atoms with van der Waals surface area (Å²) >= 11 is 0. The van der Waals surface area contributed by atoms with Crippen LogP contribution in [0.1, 0.15) is 24.5 Å². The number of aromatic nitrogens is 2. The zero-order valence-electron chi connectivity index (χ0n) is 13.2. The SMILES string of the molecule is CCCc1ccc(CCNc2ncnc3c(F)cccc23)cc1. The summed E-state index contributed by atoms with van der Waals surface area (Å²) in [7, 11) is 0. The minimum Gasteiger partial charge on any atom is -0.369 e. The minimum atomic E-state index is -0.320. The number of para-hydroxylation sites is 1. The van der Waals surface area contributed by atoms with Crippen LogP contribution in [0.25, 0.3) is 10.9 Å². The van der Waals surface area contributed by atoms with Crippen molar-refractivity contribution in [1.29, 1.82) is 0 Å². The largest absolute Gasteiger partial charge is 0.369 e. The molecule has 0 saturated carbocycles. The number of halogens is 1. The first-order valence-corrected chi connectivity index (χ1v) is 7.99. The average molecular weight is 309 g/mol. The van der Waals surface area contributed by atoms with Crippen molar-refractivity contribution in [1.82, 2.24) is 9.97 Å². The van der Waals surface area contributed by atoms with E-state index >= 15 is 0 Å². The molecule has 1 N–H and O–H groups in total. The van der Waals surface area contributed by atoms with Crippen molar-refractivity contribution in [3.05, 3.63) is 65.7 Å². The molecule has 1 aromatic heterocycles. The third-order valence-corrected chi connectivity index (χ3v) is 3.88. The Labute approximate surface area is 135 Å². The summed E-state index contributed by atoms with van der Waals surface area (Å²) < 4.78 is 13.7. The molecule has 0 spiro atoms. The van der Waals surface area contributed by atoms with E-state index in [0.717, 1.165) is 25.8 Å². The molecule has 0 bridgehead atoms. The van der Waals surface area contributed by atoms with E-state index in [-0.39, 0.29) is 5.82 Å². The summed E-state index contributed by atoms with van der Waals surface area (Å²) in [5.74, 6) is 0.358. The highest BCUT2D eigenvalue weighted by Gasteiger charge is 2.06. The number of nitrogens with one attached hydrogen (secondary N) is 1. The summed E-state index contributed by atoms with van der Waals surface area (Å²) in [6, 6.07) is 13.6. The molecule has 4 heteroatoms. The fourth-order valence-corrected chi connectivity index (χ4v) is 2.68. The summed E-state index contributed by atoms with van der Waals surface area (Å²) in [4.78, 5) is 8.24. The van der Waals surface area contributed by atoms with Crippen LogP contribution >= 0.6 is 0 Å². The van der Waals surface area contributed by atoms with Gasteiger partial charge in [0.1, 0.15) is 23.5 Å². The molecular weight excluding hydrogens is 289 g/mol. The Bertz CT molecular complexity index is 784. The Morgan fingerprint density at radius 1 is 0.957 bits per heavy atom. The first-order valence-electron chi connectivity index (χ1n) is 7.99. The molecule has 0 aliphatic heterocycles. The number of aryl methyl sites for hydroxylation is 1. The van der Waals surface area contributed by atoms with E-state index in [4.69, 9.17) is 0 Å². The van der Waals surface area contributed by atoms with Gasteiger partial charge in [-0.15, -0.1) is 0 Å². The van der Waals surface area contributed by atoms with Crippen LogP contribution in [0.5, 0.6) is 0 Å². The first-order chi connectivity index (χ1) is 11.3. The van der Waals surface area contributed by atoms with Crippen LogP contribution in [0.15, 0.2) is 48.8 Å².